The lowest BCUT2D eigenvalue weighted by Crippen LogP contribution is -2.57. The average molecular weight is 1680 g/mol. The summed E-state index contributed by atoms with van der Waals surface area (Å²) in [5.41, 5.74) is 5.50. The minimum Gasteiger partial charge on any atom is -0.461 e. The number of hydrogen-bond acceptors (Lipinski definition) is 24. The Balaban J connectivity index is 0.705. The summed E-state index contributed by atoms with van der Waals surface area (Å²) in [5.74, 6) is -6.64. The van der Waals surface area contributed by atoms with Crippen molar-refractivity contribution < 1.29 is 109 Å². The van der Waals surface area contributed by atoms with Crippen molar-refractivity contribution in [1.29, 1.82) is 0 Å². The zero-order chi connectivity index (χ0) is 86.1. The molecule has 32 nitrogen and oxygen atoms in total. The first kappa shape index (κ1) is 90.6. The van der Waals surface area contributed by atoms with Crippen molar-refractivity contribution in [1.82, 2.24) is 41.5 Å². The Hall–Kier alpha value is -11.1. The molecule has 0 bridgehead atoms. The van der Waals surface area contributed by atoms with Crippen molar-refractivity contribution in [3.05, 3.63) is 187 Å². The Labute approximate surface area is 699 Å². The number of alkyl carbamates (subject to hydrolysis) is 2. The molecule has 0 unspecified atom stereocenters. The number of pyridine rings is 2. The molecule has 5 aromatic carbocycles. The number of nitrogens with zero attached hydrogens (tertiary/aromatic N) is 2. The van der Waals surface area contributed by atoms with E-state index in [1.54, 1.807) is 65.1 Å². The number of cyclic esters (lactones) is 1. The van der Waals surface area contributed by atoms with Crippen LogP contribution >= 0.6 is 0 Å². The predicted octanol–water partition coefficient (Wildman–Crippen LogP) is 7.45. The molecule has 0 spiro atoms. The van der Waals surface area contributed by atoms with Gasteiger partial charge in [-0.05, 0) is 115 Å². The molecule has 2 aliphatic heterocycles. The van der Waals surface area contributed by atoms with E-state index in [0.29, 0.717) is 112 Å². The summed E-state index contributed by atoms with van der Waals surface area (Å²) in [6.45, 7) is 13.8. The lowest BCUT2D eigenvalue weighted by Gasteiger charge is -2.31. The van der Waals surface area contributed by atoms with Gasteiger partial charge in [0.1, 0.15) is 56.4 Å². The van der Waals surface area contributed by atoms with Crippen LogP contribution in [-0.4, -0.2) is 212 Å². The number of anilines is 1. The highest BCUT2D eigenvalue weighted by molar-refractivity contribution is 6.02. The summed E-state index contributed by atoms with van der Waals surface area (Å²) in [6, 6.07) is 25.6. The van der Waals surface area contributed by atoms with Gasteiger partial charge in [0.2, 0.25) is 23.6 Å². The molecule has 4 aliphatic rings. The number of halogens is 1. The lowest BCUT2D eigenvalue weighted by atomic mass is 9.81. The minimum atomic E-state index is -2.11. The van der Waals surface area contributed by atoms with E-state index in [0.717, 1.165) is 27.8 Å². The number of benzene rings is 5. The fourth-order valence-electron chi connectivity index (χ4n) is 14.8. The summed E-state index contributed by atoms with van der Waals surface area (Å²) < 4.78 is 83.2. The molecule has 33 heteroatoms. The van der Waals surface area contributed by atoms with Crippen LogP contribution in [-0.2, 0) is 124 Å². The molecule has 0 radical (unpaired) electrons. The summed E-state index contributed by atoms with van der Waals surface area (Å²) in [4.78, 5) is 144. The fraction of sp³-hybridized carbons (Fsp3) is 0.466. The quantitative estimate of drug-likeness (QED) is 0.0104. The van der Waals surface area contributed by atoms with E-state index in [1.807, 2.05) is 54.6 Å². The van der Waals surface area contributed by atoms with Crippen molar-refractivity contribution in [3.8, 4) is 22.5 Å². The molecule has 8 N–H and O–H groups in total. The number of aryl methyl sites for hydroxylation is 1. The van der Waals surface area contributed by atoms with E-state index >= 15 is 4.39 Å². The summed E-state index contributed by atoms with van der Waals surface area (Å²) in [7, 11) is 1.61. The number of amides is 7. The SMILES string of the molecule is CC[C@@]1(O)C(=O)OCc2c1cc1n(c2=O)Cc2c-1nc1cc(F)c(C)c3c1c2[C@@H](NC(=O)[C@H](C)NC(=O)OCc1ccc(NC(=O)[C@H](C)NC(=O)[C@@H](NC(=O)[C@H](CCC(=O)OCc2ccccc2)NC(=O)OCC2c4ccccc4-c4ccccc42)C(C)C)cc1C(=O)NCCOCCOCCOCCOCCOCCOCCOCCOC)CC3. The normalized spacial score (nSPS) is 15.8. The maximum Gasteiger partial charge on any atom is 0.408 e. The van der Waals surface area contributed by atoms with Crippen LogP contribution in [0.5, 0.6) is 0 Å². The van der Waals surface area contributed by atoms with Crippen LogP contribution in [0, 0.1) is 18.7 Å². The Morgan fingerprint density at radius 2 is 1.23 bits per heavy atom. The molecule has 0 saturated heterocycles. The van der Waals surface area contributed by atoms with Crippen molar-refractivity contribution in [2.75, 3.05) is 125 Å². The van der Waals surface area contributed by atoms with Gasteiger partial charge in [0.15, 0.2) is 5.60 Å². The molecule has 121 heavy (non-hydrogen) atoms. The highest BCUT2D eigenvalue weighted by Crippen LogP contribution is 2.47. The van der Waals surface area contributed by atoms with Crippen LogP contribution in [0.25, 0.3) is 33.4 Å². The highest BCUT2D eigenvalue weighted by atomic mass is 19.1. The van der Waals surface area contributed by atoms with Crippen LogP contribution in [0.1, 0.15) is 138 Å². The number of carbonyl (C=O) groups is 9. The first-order chi connectivity index (χ1) is 58.5. The molecule has 0 fully saturated rings. The van der Waals surface area contributed by atoms with E-state index in [4.69, 9.17) is 61.8 Å². The van der Waals surface area contributed by atoms with Gasteiger partial charge in [0.25, 0.3) is 11.5 Å². The number of hydrogen-bond donors (Lipinski definition) is 8. The maximum atomic E-state index is 15.7. The standard InChI is InChI=1S/C88H106FN9O23/c1-8-88(109)68-45-73-78-65(47-98(73)84(105)67(68)51-119-85(88)106)76-70(25-24-59-53(4)69(89)46-72(94-78)75(59)76)95-80(101)55(6)92-86(107)120-49-57-22-23-58(44-64(57)81(102)90-28-29-111-32-33-113-36-37-115-40-41-117-43-42-116-39-38-114-35-34-112-31-30-110-7)93-79(100)54(5)91-83(104)77(52(2)3)97-82(103)71(26-27-74(99)118-48-56-16-10-9-11-17-56)96-87(108)121-50-66-62-20-14-12-18-60(62)61-19-13-15-21-63(61)66/h9-23,44-46,52,54-55,66,70-71,77,109H,8,24-43,47-51H2,1-7H3,(H,90,102)(H,91,104)(H,92,107)(H,93,100)(H,95,101)(H,96,108)(H,97,103)/t54-,55-,70-,71-,77-,88-/m0/s1. The summed E-state index contributed by atoms with van der Waals surface area (Å²) >= 11 is 0. The molecule has 0 saturated carbocycles. The number of carbonyl (C=O) groups excluding carboxylic acids is 9. The zero-order valence-corrected chi connectivity index (χ0v) is 69.0. The van der Waals surface area contributed by atoms with E-state index in [2.05, 4.69) is 37.2 Å². The van der Waals surface area contributed by atoms with Crippen LogP contribution in [0.2, 0.25) is 0 Å². The number of nitrogens with one attached hydrogen (secondary N) is 7. The molecular formula is C88H106FN9O23. The number of aromatic nitrogens is 2. The Kier molecular flexibility index (Phi) is 32.9. The first-order valence-electron chi connectivity index (χ1n) is 40.7. The Morgan fingerprint density at radius 1 is 0.636 bits per heavy atom. The number of esters is 2. The second-order valence-electron chi connectivity index (χ2n) is 29.9. The third-order valence-electron chi connectivity index (χ3n) is 21.4. The molecule has 2 aromatic heterocycles. The van der Waals surface area contributed by atoms with Gasteiger partial charge < -0.3 is 104 Å². The zero-order valence-electron chi connectivity index (χ0n) is 69.0. The second-order valence-corrected chi connectivity index (χ2v) is 29.9. The Bertz CT molecular complexity index is 4870. The van der Waals surface area contributed by atoms with Gasteiger partial charge in [0, 0.05) is 65.4 Å². The van der Waals surface area contributed by atoms with Crippen LogP contribution < -0.4 is 42.8 Å². The molecule has 4 heterocycles. The molecule has 7 aromatic rings. The molecule has 6 atom stereocenters. The Morgan fingerprint density at radius 3 is 1.85 bits per heavy atom. The molecular weight excluding hydrogens is 1570 g/mol. The van der Waals surface area contributed by atoms with Crippen LogP contribution in [0.3, 0.4) is 0 Å². The van der Waals surface area contributed by atoms with Gasteiger partial charge in [-0.25, -0.2) is 23.8 Å². The van der Waals surface area contributed by atoms with Gasteiger partial charge >= 0.3 is 24.1 Å². The smallest absolute Gasteiger partial charge is 0.408 e. The minimum absolute atomic E-state index is 0.00881. The van der Waals surface area contributed by atoms with Gasteiger partial charge in [-0.3, -0.25) is 33.6 Å². The topological polar surface area (TPSA) is 404 Å². The van der Waals surface area contributed by atoms with Crippen molar-refractivity contribution in [2.24, 2.45) is 5.92 Å². The summed E-state index contributed by atoms with van der Waals surface area (Å²) in [5, 5.41) is 31.2. The average Bonchev–Trinajstić information content (AvgIpc) is 1.57. The summed E-state index contributed by atoms with van der Waals surface area (Å²) in [6.07, 6.45) is -2.04. The van der Waals surface area contributed by atoms with Crippen molar-refractivity contribution >= 4 is 70.3 Å². The monoisotopic (exact) mass is 1680 g/mol. The van der Waals surface area contributed by atoms with Gasteiger partial charge in [0.05, 0.1) is 134 Å². The van der Waals surface area contributed by atoms with Gasteiger partial charge in [-0.15, -0.1) is 0 Å². The largest absolute Gasteiger partial charge is 0.461 e. The first-order valence-corrected chi connectivity index (χ1v) is 40.7. The molecule has 648 valence electrons. The van der Waals surface area contributed by atoms with Crippen LogP contribution in [0.15, 0.2) is 114 Å². The van der Waals surface area contributed by atoms with E-state index in [-0.39, 0.29) is 130 Å². The number of methoxy groups -OCH3 is 1. The fourth-order valence-corrected chi connectivity index (χ4v) is 14.8. The van der Waals surface area contributed by atoms with E-state index in [9.17, 15) is 53.1 Å². The maximum absolute atomic E-state index is 15.7. The van der Waals surface area contributed by atoms with Gasteiger partial charge in [-0.1, -0.05) is 106 Å². The van der Waals surface area contributed by atoms with Gasteiger partial charge in [-0.2, -0.15) is 0 Å². The lowest BCUT2D eigenvalue weighted by molar-refractivity contribution is -0.172. The predicted molar refractivity (Wildman–Crippen MR) is 438 cm³/mol. The number of aliphatic hydroxyl groups is 1. The molecule has 2 aliphatic carbocycles. The third-order valence-corrected chi connectivity index (χ3v) is 21.4. The highest BCUT2D eigenvalue weighted by Gasteiger charge is 2.46. The molecule has 7 amide bonds. The third kappa shape index (κ3) is 23.3. The number of rotatable bonds is 46. The number of ether oxygens (including phenoxy) is 12. The number of fused-ring (bicyclic) bond motifs is 8. The van der Waals surface area contributed by atoms with Crippen LogP contribution in [0.4, 0.5) is 19.7 Å². The van der Waals surface area contributed by atoms with E-state index < -0.39 is 113 Å². The second kappa shape index (κ2) is 43.9. The van der Waals surface area contributed by atoms with Crippen molar-refractivity contribution in [2.45, 2.75) is 142 Å². The molecule has 11 rings (SSSR count). The van der Waals surface area contributed by atoms with E-state index in [1.165, 1.54) is 42.7 Å². The van der Waals surface area contributed by atoms with Crippen molar-refractivity contribution in [3.63, 3.8) is 0 Å².